The first-order valence-corrected chi connectivity index (χ1v) is 6.17. The summed E-state index contributed by atoms with van der Waals surface area (Å²) in [7, 11) is 1.87. The molecule has 0 spiro atoms. The lowest BCUT2D eigenvalue weighted by molar-refractivity contribution is 0.0690. The van der Waals surface area contributed by atoms with E-state index in [2.05, 4.69) is 4.98 Å². The fraction of sp³-hybridized carbons (Fsp3) is 0.538. The van der Waals surface area contributed by atoms with E-state index >= 15 is 0 Å². The smallest absolute Gasteiger partial charge is 0.272 e. The van der Waals surface area contributed by atoms with Crippen LogP contribution in [0.4, 0.5) is 5.69 Å². The topological polar surface area (TPSA) is 59.2 Å². The summed E-state index contributed by atoms with van der Waals surface area (Å²) < 4.78 is 0. The SMILES string of the molecule is CN(C(=O)c1ccc(N)cn1)C1CCCCC1. The van der Waals surface area contributed by atoms with Gasteiger partial charge in [0, 0.05) is 13.1 Å². The van der Waals surface area contributed by atoms with Gasteiger partial charge in [-0.05, 0) is 25.0 Å². The standard InChI is InChI=1S/C13H19N3O/c1-16(11-5-3-2-4-6-11)13(17)12-8-7-10(14)9-15-12/h7-9,11H,2-6,14H2,1H3. The van der Waals surface area contributed by atoms with Gasteiger partial charge in [0.2, 0.25) is 0 Å². The fourth-order valence-electron chi connectivity index (χ4n) is 2.35. The molecular weight excluding hydrogens is 214 g/mol. The molecule has 2 rings (SSSR count). The van der Waals surface area contributed by atoms with E-state index in [1.165, 1.54) is 25.5 Å². The maximum Gasteiger partial charge on any atom is 0.272 e. The molecular formula is C13H19N3O. The van der Waals surface area contributed by atoms with E-state index < -0.39 is 0 Å². The van der Waals surface area contributed by atoms with Crippen LogP contribution in [-0.4, -0.2) is 28.9 Å². The Labute approximate surface area is 102 Å². The van der Waals surface area contributed by atoms with Gasteiger partial charge < -0.3 is 10.6 Å². The third kappa shape index (κ3) is 2.75. The molecule has 17 heavy (non-hydrogen) atoms. The van der Waals surface area contributed by atoms with Crippen LogP contribution in [-0.2, 0) is 0 Å². The van der Waals surface area contributed by atoms with E-state index in [1.54, 1.807) is 12.1 Å². The Hall–Kier alpha value is -1.58. The summed E-state index contributed by atoms with van der Waals surface area (Å²) >= 11 is 0. The molecule has 0 bridgehead atoms. The number of carbonyl (C=O) groups is 1. The fourth-order valence-corrected chi connectivity index (χ4v) is 2.35. The highest BCUT2D eigenvalue weighted by Gasteiger charge is 2.23. The van der Waals surface area contributed by atoms with Crippen molar-refractivity contribution in [2.24, 2.45) is 0 Å². The highest BCUT2D eigenvalue weighted by atomic mass is 16.2. The molecule has 1 aromatic rings. The second-order valence-corrected chi connectivity index (χ2v) is 4.68. The number of hydrogen-bond donors (Lipinski definition) is 1. The molecule has 0 unspecified atom stereocenters. The van der Waals surface area contributed by atoms with Crippen LogP contribution in [0.3, 0.4) is 0 Å². The van der Waals surface area contributed by atoms with Crippen LogP contribution < -0.4 is 5.73 Å². The van der Waals surface area contributed by atoms with Gasteiger partial charge in [0.15, 0.2) is 0 Å². The lowest BCUT2D eigenvalue weighted by Crippen LogP contribution is -2.38. The average molecular weight is 233 g/mol. The Morgan fingerprint density at radius 3 is 2.65 bits per heavy atom. The van der Waals surface area contributed by atoms with Crippen molar-refractivity contribution in [3.8, 4) is 0 Å². The van der Waals surface area contributed by atoms with E-state index in [0.717, 1.165) is 12.8 Å². The number of amides is 1. The van der Waals surface area contributed by atoms with Crippen LogP contribution >= 0.6 is 0 Å². The minimum absolute atomic E-state index is 0.00287. The normalized spacial score (nSPS) is 16.8. The number of nitrogen functional groups attached to an aromatic ring is 1. The summed E-state index contributed by atoms with van der Waals surface area (Å²) in [6.07, 6.45) is 7.48. The van der Waals surface area contributed by atoms with Gasteiger partial charge in [0.1, 0.15) is 5.69 Å². The predicted molar refractivity (Wildman–Crippen MR) is 67.6 cm³/mol. The minimum Gasteiger partial charge on any atom is -0.397 e. The summed E-state index contributed by atoms with van der Waals surface area (Å²) in [6.45, 7) is 0. The van der Waals surface area contributed by atoms with Crippen molar-refractivity contribution in [2.75, 3.05) is 12.8 Å². The first-order chi connectivity index (χ1) is 8.18. The summed E-state index contributed by atoms with van der Waals surface area (Å²) in [5, 5.41) is 0. The van der Waals surface area contributed by atoms with Crippen LogP contribution in [0.1, 0.15) is 42.6 Å². The van der Waals surface area contributed by atoms with Gasteiger partial charge in [-0.2, -0.15) is 0 Å². The van der Waals surface area contributed by atoms with Gasteiger partial charge in [-0.3, -0.25) is 4.79 Å². The highest BCUT2D eigenvalue weighted by molar-refractivity contribution is 5.92. The lowest BCUT2D eigenvalue weighted by Gasteiger charge is -2.31. The van der Waals surface area contributed by atoms with Crippen molar-refractivity contribution in [3.63, 3.8) is 0 Å². The van der Waals surface area contributed by atoms with Crippen molar-refractivity contribution >= 4 is 11.6 Å². The van der Waals surface area contributed by atoms with Gasteiger partial charge >= 0.3 is 0 Å². The molecule has 1 saturated carbocycles. The molecule has 0 saturated heterocycles. The molecule has 2 N–H and O–H groups in total. The summed E-state index contributed by atoms with van der Waals surface area (Å²) in [4.78, 5) is 18.1. The molecule has 0 aliphatic heterocycles. The summed E-state index contributed by atoms with van der Waals surface area (Å²) in [5.74, 6) is -0.00287. The molecule has 0 radical (unpaired) electrons. The molecule has 0 atom stereocenters. The van der Waals surface area contributed by atoms with Gasteiger partial charge in [-0.25, -0.2) is 4.98 Å². The average Bonchev–Trinajstić information content (AvgIpc) is 2.39. The number of carbonyl (C=O) groups excluding carboxylic acids is 1. The van der Waals surface area contributed by atoms with Crippen molar-refractivity contribution in [1.29, 1.82) is 0 Å². The first kappa shape index (κ1) is 11.9. The molecule has 1 aliphatic rings. The molecule has 1 heterocycles. The first-order valence-electron chi connectivity index (χ1n) is 6.17. The largest absolute Gasteiger partial charge is 0.397 e. The number of nitrogens with two attached hydrogens (primary N) is 1. The molecule has 1 amide bonds. The Balaban J connectivity index is 2.05. The zero-order chi connectivity index (χ0) is 12.3. The molecule has 1 aromatic heterocycles. The zero-order valence-electron chi connectivity index (χ0n) is 10.2. The molecule has 4 nitrogen and oxygen atoms in total. The number of aromatic nitrogens is 1. The van der Waals surface area contributed by atoms with Gasteiger partial charge in [0.25, 0.3) is 5.91 Å². The third-order valence-electron chi connectivity index (χ3n) is 3.45. The maximum atomic E-state index is 12.2. The second-order valence-electron chi connectivity index (χ2n) is 4.68. The maximum absolute atomic E-state index is 12.2. The van der Waals surface area contributed by atoms with Crippen LogP contribution in [0.15, 0.2) is 18.3 Å². The molecule has 4 heteroatoms. The minimum atomic E-state index is -0.00287. The second kappa shape index (κ2) is 5.17. The molecule has 1 aliphatic carbocycles. The van der Waals surface area contributed by atoms with Crippen LogP contribution in [0.5, 0.6) is 0 Å². The van der Waals surface area contributed by atoms with Gasteiger partial charge in [-0.1, -0.05) is 19.3 Å². The van der Waals surface area contributed by atoms with Gasteiger partial charge in [0.05, 0.1) is 11.9 Å². The Morgan fingerprint density at radius 1 is 1.35 bits per heavy atom. The van der Waals surface area contributed by atoms with Crippen LogP contribution in [0, 0.1) is 0 Å². The lowest BCUT2D eigenvalue weighted by atomic mass is 9.94. The van der Waals surface area contributed by atoms with E-state index in [4.69, 9.17) is 5.73 Å². The number of rotatable bonds is 2. The molecule has 92 valence electrons. The highest BCUT2D eigenvalue weighted by Crippen LogP contribution is 2.22. The number of anilines is 1. The molecule has 0 aromatic carbocycles. The summed E-state index contributed by atoms with van der Waals surface area (Å²) in [6, 6.07) is 3.78. The van der Waals surface area contributed by atoms with Crippen molar-refractivity contribution in [3.05, 3.63) is 24.0 Å². The van der Waals surface area contributed by atoms with Crippen molar-refractivity contribution in [1.82, 2.24) is 9.88 Å². The quantitative estimate of drug-likeness (QED) is 0.850. The number of pyridine rings is 1. The summed E-state index contributed by atoms with van der Waals surface area (Å²) in [5.41, 5.74) is 6.62. The van der Waals surface area contributed by atoms with Crippen molar-refractivity contribution < 1.29 is 4.79 Å². The van der Waals surface area contributed by atoms with E-state index in [-0.39, 0.29) is 5.91 Å². The Bertz CT molecular complexity index is 382. The number of hydrogen-bond acceptors (Lipinski definition) is 3. The monoisotopic (exact) mass is 233 g/mol. The predicted octanol–water partition coefficient (Wildman–Crippen LogP) is 2.07. The number of nitrogens with zero attached hydrogens (tertiary/aromatic N) is 2. The van der Waals surface area contributed by atoms with E-state index in [9.17, 15) is 4.79 Å². The third-order valence-corrected chi connectivity index (χ3v) is 3.45. The van der Waals surface area contributed by atoms with Gasteiger partial charge in [-0.15, -0.1) is 0 Å². The van der Waals surface area contributed by atoms with E-state index in [0.29, 0.717) is 17.4 Å². The molecule has 1 fully saturated rings. The Kier molecular flexibility index (Phi) is 3.61. The van der Waals surface area contributed by atoms with Crippen molar-refractivity contribution in [2.45, 2.75) is 38.1 Å². The zero-order valence-corrected chi connectivity index (χ0v) is 10.2. The van der Waals surface area contributed by atoms with E-state index in [1.807, 2.05) is 11.9 Å². The van der Waals surface area contributed by atoms with Crippen LogP contribution in [0.2, 0.25) is 0 Å². The Morgan fingerprint density at radius 2 is 2.06 bits per heavy atom. The van der Waals surface area contributed by atoms with Crippen LogP contribution in [0.25, 0.3) is 0 Å².